The van der Waals surface area contributed by atoms with Crippen molar-refractivity contribution < 1.29 is 18.6 Å². The van der Waals surface area contributed by atoms with Gasteiger partial charge in [0.1, 0.15) is 11.6 Å². The minimum absolute atomic E-state index is 0.176. The predicted molar refractivity (Wildman–Crippen MR) is 129 cm³/mol. The van der Waals surface area contributed by atoms with Crippen LogP contribution in [-0.4, -0.2) is 26.1 Å². The van der Waals surface area contributed by atoms with Crippen LogP contribution in [0.1, 0.15) is 70.8 Å². The second kappa shape index (κ2) is 13.6. The third-order valence-corrected chi connectivity index (χ3v) is 6.09. The van der Waals surface area contributed by atoms with Crippen LogP contribution in [0.4, 0.5) is 4.39 Å². The van der Waals surface area contributed by atoms with Crippen LogP contribution in [0.25, 0.3) is 11.1 Å². The summed E-state index contributed by atoms with van der Waals surface area (Å²) in [4.78, 5) is 0. The molecule has 32 heavy (non-hydrogen) atoms. The molecule has 176 valence electrons. The van der Waals surface area contributed by atoms with Crippen LogP contribution in [0.3, 0.4) is 0 Å². The van der Waals surface area contributed by atoms with Gasteiger partial charge in [0.25, 0.3) is 0 Å². The van der Waals surface area contributed by atoms with E-state index in [0.29, 0.717) is 18.1 Å². The van der Waals surface area contributed by atoms with Gasteiger partial charge >= 0.3 is 0 Å². The molecule has 0 aliphatic carbocycles. The van der Waals surface area contributed by atoms with E-state index in [2.05, 4.69) is 13.8 Å². The number of aryl methyl sites for hydroxylation is 1. The quantitative estimate of drug-likeness (QED) is 0.300. The van der Waals surface area contributed by atoms with E-state index in [1.165, 1.54) is 38.5 Å². The van der Waals surface area contributed by atoms with Crippen LogP contribution in [0, 0.1) is 11.7 Å². The molecule has 0 aromatic heterocycles. The maximum absolute atomic E-state index is 14.8. The minimum Gasteiger partial charge on any atom is -0.494 e. The van der Waals surface area contributed by atoms with Gasteiger partial charge in [0.15, 0.2) is 6.29 Å². The Kier molecular flexibility index (Phi) is 10.5. The van der Waals surface area contributed by atoms with Crippen molar-refractivity contribution in [2.24, 2.45) is 5.92 Å². The van der Waals surface area contributed by atoms with Crippen molar-refractivity contribution in [2.45, 2.75) is 77.9 Å². The first kappa shape index (κ1) is 24.7. The van der Waals surface area contributed by atoms with Crippen LogP contribution in [0.5, 0.6) is 5.75 Å². The van der Waals surface area contributed by atoms with Gasteiger partial charge in [-0.2, -0.15) is 0 Å². The first-order valence-electron chi connectivity index (χ1n) is 12.4. The van der Waals surface area contributed by atoms with E-state index in [4.69, 9.17) is 14.2 Å². The van der Waals surface area contributed by atoms with Gasteiger partial charge in [-0.25, -0.2) is 4.39 Å². The fraction of sp³-hybridized carbons (Fsp3) is 0.571. The van der Waals surface area contributed by atoms with E-state index in [9.17, 15) is 4.39 Å². The Labute approximate surface area is 193 Å². The van der Waals surface area contributed by atoms with Crippen LogP contribution in [-0.2, 0) is 15.9 Å². The van der Waals surface area contributed by atoms with Gasteiger partial charge < -0.3 is 14.2 Å². The first-order chi connectivity index (χ1) is 15.7. The van der Waals surface area contributed by atoms with E-state index in [1.54, 1.807) is 6.07 Å². The maximum Gasteiger partial charge on any atom is 0.157 e. The predicted octanol–water partition coefficient (Wildman–Crippen LogP) is 7.56. The molecule has 1 saturated heterocycles. The Bertz CT molecular complexity index is 782. The number of unbranched alkanes of at least 4 members (excludes halogenated alkanes) is 4. The van der Waals surface area contributed by atoms with E-state index in [-0.39, 0.29) is 12.1 Å². The third-order valence-electron chi connectivity index (χ3n) is 6.09. The Morgan fingerprint density at radius 1 is 0.875 bits per heavy atom. The summed E-state index contributed by atoms with van der Waals surface area (Å²) in [7, 11) is 0. The SMILES string of the molecule is CCCCCCCC1COC(CCc2ccc(-c3ccc(OCCC)cc3)c(F)c2)OC1. The number of ether oxygens (including phenoxy) is 3. The molecule has 2 aromatic carbocycles. The monoisotopic (exact) mass is 442 g/mol. The highest BCUT2D eigenvalue weighted by Crippen LogP contribution is 2.27. The molecule has 0 radical (unpaired) electrons. The lowest BCUT2D eigenvalue weighted by Gasteiger charge is -2.29. The maximum atomic E-state index is 14.8. The Hall–Kier alpha value is -1.91. The fourth-order valence-electron chi connectivity index (χ4n) is 4.14. The summed E-state index contributed by atoms with van der Waals surface area (Å²) < 4.78 is 32.2. The third kappa shape index (κ3) is 7.90. The van der Waals surface area contributed by atoms with Crippen LogP contribution in [0.15, 0.2) is 42.5 Å². The standard InChI is InChI=1S/C28H39FO3/c1-3-5-6-7-8-9-23-20-31-28(32-21-23)17-11-22-10-16-26(27(29)19-22)24-12-14-25(15-13-24)30-18-4-2/h10,12-16,19,23,28H,3-9,11,17-18,20-21H2,1-2H3. The lowest BCUT2D eigenvalue weighted by Crippen LogP contribution is -2.32. The summed E-state index contributed by atoms with van der Waals surface area (Å²) in [5.41, 5.74) is 2.44. The number of hydrogen-bond acceptors (Lipinski definition) is 3. The highest BCUT2D eigenvalue weighted by Gasteiger charge is 2.22. The lowest BCUT2D eigenvalue weighted by molar-refractivity contribution is -0.203. The molecule has 1 aliphatic heterocycles. The molecule has 0 atom stereocenters. The number of benzene rings is 2. The van der Waals surface area contributed by atoms with Gasteiger partial charge in [0, 0.05) is 17.9 Å². The normalized spacial score (nSPS) is 18.6. The van der Waals surface area contributed by atoms with Crippen molar-refractivity contribution >= 4 is 0 Å². The van der Waals surface area contributed by atoms with Crippen molar-refractivity contribution in [3.63, 3.8) is 0 Å². The Balaban J connectivity index is 1.41. The van der Waals surface area contributed by atoms with Crippen molar-refractivity contribution in [1.29, 1.82) is 0 Å². The summed E-state index contributed by atoms with van der Waals surface area (Å²) in [5.74, 6) is 1.14. The number of halogens is 1. The van der Waals surface area contributed by atoms with E-state index < -0.39 is 0 Å². The summed E-state index contributed by atoms with van der Waals surface area (Å²) in [6.07, 6.45) is 10.0. The van der Waals surface area contributed by atoms with Gasteiger partial charge in [-0.15, -0.1) is 0 Å². The summed E-state index contributed by atoms with van der Waals surface area (Å²) >= 11 is 0. The summed E-state index contributed by atoms with van der Waals surface area (Å²) in [6, 6.07) is 13.1. The summed E-state index contributed by atoms with van der Waals surface area (Å²) in [6.45, 7) is 6.57. The molecule has 3 rings (SSSR count). The molecule has 0 bridgehead atoms. The molecule has 0 spiro atoms. The molecule has 1 heterocycles. The Morgan fingerprint density at radius 2 is 1.62 bits per heavy atom. The largest absolute Gasteiger partial charge is 0.494 e. The van der Waals surface area contributed by atoms with Gasteiger partial charge in [0.05, 0.1) is 19.8 Å². The molecule has 4 heteroatoms. The molecule has 2 aromatic rings. The fourth-order valence-corrected chi connectivity index (χ4v) is 4.14. The van der Waals surface area contributed by atoms with Crippen molar-refractivity contribution in [1.82, 2.24) is 0 Å². The molecule has 0 N–H and O–H groups in total. The molecule has 1 fully saturated rings. The molecule has 1 aliphatic rings. The van der Waals surface area contributed by atoms with E-state index in [0.717, 1.165) is 49.4 Å². The zero-order valence-electron chi connectivity index (χ0n) is 19.8. The summed E-state index contributed by atoms with van der Waals surface area (Å²) in [5, 5.41) is 0. The molecule has 0 unspecified atom stereocenters. The zero-order valence-corrected chi connectivity index (χ0v) is 19.8. The van der Waals surface area contributed by atoms with Gasteiger partial charge in [0.2, 0.25) is 0 Å². The van der Waals surface area contributed by atoms with E-state index >= 15 is 0 Å². The second-order valence-electron chi connectivity index (χ2n) is 8.89. The molecular formula is C28H39FO3. The van der Waals surface area contributed by atoms with Crippen molar-refractivity contribution in [2.75, 3.05) is 19.8 Å². The average Bonchev–Trinajstić information content (AvgIpc) is 2.82. The molecule has 3 nitrogen and oxygen atoms in total. The van der Waals surface area contributed by atoms with Gasteiger partial charge in [-0.1, -0.05) is 70.2 Å². The Morgan fingerprint density at radius 3 is 2.31 bits per heavy atom. The second-order valence-corrected chi connectivity index (χ2v) is 8.89. The zero-order chi connectivity index (χ0) is 22.6. The molecular weight excluding hydrogens is 403 g/mol. The molecule has 0 amide bonds. The average molecular weight is 443 g/mol. The number of hydrogen-bond donors (Lipinski definition) is 0. The first-order valence-corrected chi connectivity index (χ1v) is 12.4. The van der Waals surface area contributed by atoms with Crippen molar-refractivity contribution in [3.05, 3.63) is 53.8 Å². The minimum atomic E-state index is -0.196. The lowest BCUT2D eigenvalue weighted by atomic mass is 10.00. The number of rotatable bonds is 13. The van der Waals surface area contributed by atoms with Crippen LogP contribution in [0.2, 0.25) is 0 Å². The van der Waals surface area contributed by atoms with Crippen LogP contribution < -0.4 is 4.74 Å². The highest BCUT2D eigenvalue weighted by molar-refractivity contribution is 5.65. The van der Waals surface area contributed by atoms with Gasteiger partial charge in [-0.3, -0.25) is 0 Å². The topological polar surface area (TPSA) is 27.7 Å². The smallest absolute Gasteiger partial charge is 0.157 e. The van der Waals surface area contributed by atoms with E-state index in [1.807, 2.05) is 36.4 Å². The van der Waals surface area contributed by atoms with Crippen LogP contribution >= 0.6 is 0 Å². The molecule has 0 saturated carbocycles. The van der Waals surface area contributed by atoms with Gasteiger partial charge in [-0.05, 0) is 48.6 Å². The highest BCUT2D eigenvalue weighted by atomic mass is 19.1. The van der Waals surface area contributed by atoms with Crippen molar-refractivity contribution in [3.8, 4) is 16.9 Å².